The fourth-order valence-electron chi connectivity index (χ4n) is 1.28. The second-order valence-corrected chi connectivity index (χ2v) is 3.27. The van der Waals surface area contributed by atoms with Crippen molar-refractivity contribution in [2.45, 2.75) is 6.61 Å². The highest BCUT2D eigenvalue weighted by atomic mass is 16.6. The summed E-state index contributed by atoms with van der Waals surface area (Å²) in [7, 11) is 0. The van der Waals surface area contributed by atoms with Crippen LogP contribution in [0, 0.1) is 0 Å². The first-order valence-electron chi connectivity index (χ1n) is 4.80. The van der Waals surface area contributed by atoms with Crippen LogP contribution in [-0.4, -0.2) is 5.11 Å². The second kappa shape index (κ2) is 4.51. The number of rotatable bonds is 3. The molecule has 0 atom stereocenters. The van der Waals surface area contributed by atoms with E-state index in [0.29, 0.717) is 6.61 Å². The highest BCUT2D eigenvalue weighted by molar-refractivity contribution is 5.30. The van der Waals surface area contributed by atoms with Crippen molar-refractivity contribution in [3.05, 3.63) is 60.2 Å². The summed E-state index contributed by atoms with van der Waals surface area (Å²) in [5.41, 5.74) is 1.13. The van der Waals surface area contributed by atoms with E-state index in [0.717, 1.165) is 11.3 Å². The van der Waals surface area contributed by atoms with Crippen LogP contribution in [0.1, 0.15) is 5.56 Å². The summed E-state index contributed by atoms with van der Waals surface area (Å²) < 4.78 is 5.54. The predicted octanol–water partition coefficient (Wildman–Crippen LogP) is 2.97. The number of ether oxygens (including phenoxy) is 1. The maximum Gasteiger partial charge on any atom is 0.120 e. The molecule has 0 saturated carbocycles. The molecule has 1 N–H and O–H groups in total. The van der Waals surface area contributed by atoms with Gasteiger partial charge in [-0.1, -0.05) is 30.3 Å². The lowest BCUT2D eigenvalue weighted by atomic mass is 10.2. The van der Waals surface area contributed by atoms with Gasteiger partial charge >= 0.3 is 0 Å². The molecule has 76 valence electrons. The zero-order valence-corrected chi connectivity index (χ0v) is 8.26. The molecule has 2 aromatic rings. The first-order chi connectivity index (χ1) is 7.34. The lowest BCUT2D eigenvalue weighted by molar-refractivity contribution is 0.305. The molecule has 0 aromatic heterocycles. The van der Waals surface area contributed by atoms with Crippen molar-refractivity contribution >= 4 is 0 Å². The van der Waals surface area contributed by atoms with Crippen LogP contribution in [0.5, 0.6) is 11.5 Å². The molecule has 0 aliphatic rings. The molecule has 0 radical (unpaired) electrons. The Hall–Kier alpha value is -1.96. The van der Waals surface area contributed by atoms with Gasteiger partial charge in [-0.2, -0.15) is 0 Å². The van der Waals surface area contributed by atoms with Gasteiger partial charge in [-0.3, -0.25) is 0 Å². The monoisotopic (exact) mass is 206 g/mol. The third kappa shape index (κ3) is 2.74. The van der Waals surface area contributed by atoms with Crippen LogP contribution in [0.15, 0.2) is 54.6 Å². The number of benzene rings is 2. The molecule has 0 unspecified atom stereocenters. The molecule has 0 amide bonds. The lowest BCUT2D eigenvalue weighted by Crippen LogP contribution is -1.94. The maximum atomic E-state index is 9.09. The van der Waals surface area contributed by atoms with Crippen molar-refractivity contribution in [2.24, 2.45) is 0 Å². The molecule has 2 rings (SSSR count). The summed E-state index contributed by atoms with van der Waals surface area (Å²) in [6.07, 6.45) is 0. The first-order valence-corrected chi connectivity index (χ1v) is 4.80. The van der Waals surface area contributed by atoms with Gasteiger partial charge in [0.05, 0.1) is 0 Å². The molecule has 2 aromatic carbocycles. The third-order valence-corrected chi connectivity index (χ3v) is 2.09. The fraction of sp³-hybridized carbons (Fsp3) is 0.0769. The van der Waals surface area contributed by atoms with Crippen LogP contribution in [-0.2, 0) is 6.61 Å². The van der Waals surface area contributed by atoms with Crippen LogP contribution >= 0.6 is 0 Å². The van der Waals surface area contributed by atoms with Crippen molar-refractivity contribution in [1.82, 2.24) is 0 Å². The van der Waals surface area contributed by atoms with Gasteiger partial charge in [0.25, 0.3) is 0 Å². The van der Waals surface area contributed by atoms with Crippen molar-refractivity contribution in [1.29, 1.82) is 0 Å². The summed E-state index contributed by atoms with van der Waals surface area (Å²) in [4.78, 5) is 0. The Labute approximate surface area is 88.8 Å². The summed E-state index contributed by atoms with van der Waals surface area (Å²) in [5.74, 6) is 1.01. The topological polar surface area (TPSA) is 29.5 Å². The molecule has 0 aliphatic carbocycles. The third-order valence-electron chi connectivity index (χ3n) is 2.09. The van der Waals surface area contributed by atoms with Gasteiger partial charge in [0, 0.05) is 0 Å². The van der Waals surface area contributed by atoms with Crippen molar-refractivity contribution in [3.63, 3.8) is 0 Å². The molecule has 2 nitrogen and oxygen atoms in total. The normalized spacial score (nSPS) is 9.87. The average molecular weight is 206 g/mol. The van der Waals surface area contributed by atoms with Crippen molar-refractivity contribution < 1.29 is 9.84 Å². The van der Waals surface area contributed by atoms with Gasteiger partial charge < -0.3 is 9.84 Å². The van der Waals surface area contributed by atoms with Crippen LogP contribution in [0.2, 0.25) is 0 Å². The van der Waals surface area contributed by atoms with E-state index in [-0.39, 0.29) is 5.75 Å². The largest absolute Gasteiger partial charge is 0.508 e. The minimum Gasteiger partial charge on any atom is -0.508 e. The Morgan fingerprint density at radius 2 is 1.53 bits per heavy atom. The lowest BCUT2D eigenvalue weighted by Gasteiger charge is -2.05. The van der Waals surface area contributed by atoms with E-state index >= 15 is 0 Å². The van der Waals surface area contributed by atoms with E-state index in [1.807, 2.05) is 30.3 Å². The molecule has 0 bridgehead atoms. The number of hydrogen-bond donors (Lipinski definition) is 1. The quantitative estimate of drug-likeness (QED) is 0.836. The molecule has 15 heavy (non-hydrogen) atoms. The fourth-order valence-corrected chi connectivity index (χ4v) is 1.28. The van der Waals surface area contributed by atoms with Crippen LogP contribution in [0.3, 0.4) is 0 Å². The van der Waals surface area contributed by atoms with Crippen molar-refractivity contribution in [2.75, 3.05) is 0 Å². The van der Waals surface area contributed by atoms with Gasteiger partial charge in [0.15, 0.2) is 0 Å². The van der Waals surface area contributed by atoms with Gasteiger partial charge in [-0.25, -0.2) is 0 Å². The van der Waals surface area contributed by atoms with Crippen LogP contribution in [0.4, 0.5) is 0 Å². The molecular weight excluding hydrogens is 194 g/mol. The molecule has 0 saturated heterocycles. The highest BCUT2D eigenvalue weighted by Crippen LogP contribution is 2.17. The molecular formula is C13H12O2. The zero-order valence-electron chi connectivity index (χ0n) is 8.26. The molecule has 0 fully saturated rings. The summed E-state index contributed by atoms with van der Waals surface area (Å²) in [5, 5.41) is 9.09. The second-order valence-electron chi connectivity index (χ2n) is 3.27. The number of hydrogen-bond acceptors (Lipinski definition) is 2. The summed E-state index contributed by atoms with van der Waals surface area (Å²) >= 11 is 0. The molecule has 0 aliphatic heterocycles. The minimum atomic E-state index is 0.252. The zero-order chi connectivity index (χ0) is 10.5. The van der Waals surface area contributed by atoms with Gasteiger partial charge in [0.2, 0.25) is 0 Å². The Morgan fingerprint density at radius 1 is 0.867 bits per heavy atom. The molecule has 0 spiro atoms. The van der Waals surface area contributed by atoms with Crippen molar-refractivity contribution in [3.8, 4) is 11.5 Å². The Kier molecular flexibility index (Phi) is 2.88. The standard InChI is InChI=1S/C13H12O2/c14-12-6-8-13(9-7-12)15-10-11-4-2-1-3-5-11/h1-9,14H,10H2/i6+1,7+1,8+1,9+1,12+1,13+1. The van der Waals surface area contributed by atoms with E-state index in [1.54, 1.807) is 24.3 Å². The van der Waals surface area contributed by atoms with E-state index in [2.05, 4.69) is 0 Å². The van der Waals surface area contributed by atoms with Crippen LogP contribution in [0.25, 0.3) is 0 Å². The van der Waals surface area contributed by atoms with E-state index in [1.165, 1.54) is 0 Å². The van der Waals surface area contributed by atoms with Gasteiger partial charge in [-0.15, -0.1) is 0 Å². The average Bonchev–Trinajstić information content (AvgIpc) is 2.30. The van der Waals surface area contributed by atoms with E-state index in [4.69, 9.17) is 9.84 Å². The Bertz CT molecular complexity index is 406. The predicted molar refractivity (Wildman–Crippen MR) is 58.9 cm³/mol. The summed E-state index contributed by atoms with van der Waals surface area (Å²) in [6, 6.07) is 16.7. The first kappa shape index (κ1) is 9.59. The smallest absolute Gasteiger partial charge is 0.120 e. The van der Waals surface area contributed by atoms with Crippen LogP contribution < -0.4 is 4.74 Å². The summed E-state index contributed by atoms with van der Waals surface area (Å²) in [6.45, 7) is 0.547. The van der Waals surface area contributed by atoms with E-state index in [9.17, 15) is 0 Å². The number of phenols is 1. The Morgan fingerprint density at radius 3 is 2.20 bits per heavy atom. The number of phenolic OH excluding ortho intramolecular Hbond substituents is 1. The maximum absolute atomic E-state index is 9.09. The number of aromatic hydroxyl groups is 1. The highest BCUT2D eigenvalue weighted by Gasteiger charge is 1.95. The van der Waals surface area contributed by atoms with E-state index < -0.39 is 0 Å². The molecule has 2 heteroatoms. The minimum absolute atomic E-state index is 0.252. The Balaban J connectivity index is 1.96. The van der Waals surface area contributed by atoms with Gasteiger partial charge in [0.1, 0.15) is 18.1 Å². The molecule has 0 heterocycles. The van der Waals surface area contributed by atoms with Gasteiger partial charge in [-0.05, 0) is 29.8 Å². The SMILES string of the molecule is O[13c]1[13cH][13cH][13c](OCc2ccccc2)[13cH][13cH]1.